The Bertz CT molecular complexity index is 964. The van der Waals surface area contributed by atoms with Gasteiger partial charge < -0.3 is 14.6 Å². The molecule has 0 atom stereocenters. The fourth-order valence-electron chi connectivity index (χ4n) is 3.01. The van der Waals surface area contributed by atoms with Gasteiger partial charge in [0.1, 0.15) is 17.3 Å². The summed E-state index contributed by atoms with van der Waals surface area (Å²) in [5, 5.41) is 0.914. The van der Waals surface area contributed by atoms with Crippen molar-refractivity contribution in [2.75, 3.05) is 29.5 Å². The molecule has 1 N–H and O–H groups in total. The fourth-order valence-corrected chi connectivity index (χ4v) is 3.91. The highest BCUT2D eigenvalue weighted by atomic mass is 32.2. The van der Waals surface area contributed by atoms with Gasteiger partial charge in [0, 0.05) is 30.0 Å². The Kier molecular flexibility index (Phi) is 4.36. The molecule has 1 fully saturated rings. The molecular weight excluding hydrogens is 334 g/mol. The highest BCUT2D eigenvalue weighted by Crippen LogP contribution is 2.30. The number of rotatable bonds is 3. The van der Waals surface area contributed by atoms with Gasteiger partial charge in [-0.3, -0.25) is 0 Å². The Morgan fingerprint density at radius 2 is 1.92 bits per heavy atom. The first-order valence-electron chi connectivity index (χ1n) is 8.30. The number of benzene rings is 2. The summed E-state index contributed by atoms with van der Waals surface area (Å²) in [7, 11) is 0. The molecule has 1 saturated heterocycles. The standard InChI is InChI=1S/C19H19N3O2S/c1-13-3-2-4-14(11-13)24-15-5-6-17-16(12-15)18(21-19(23)20-17)22-7-9-25-10-8-22/h2-6,11-12H,7-10H2,1H3,(H,20,21,23). The normalized spacial score (nSPS) is 14.7. The maximum absolute atomic E-state index is 11.9. The minimum absolute atomic E-state index is 0.312. The summed E-state index contributed by atoms with van der Waals surface area (Å²) in [5.41, 5.74) is 1.62. The van der Waals surface area contributed by atoms with Gasteiger partial charge in [-0.2, -0.15) is 16.7 Å². The maximum Gasteiger partial charge on any atom is 0.347 e. The number of H-pyrrole nitrogens is 1. The highest BCUT2D eigenvalue weighted by Gasteiger charge is 2.17. The number of hydrogen-bond donors (Lipinski definition) is 1. The number of anilines is 1. The number of fused-ring (bicyclic) bond motifs is 1. The zero-order chi connectivity index (χ0) is 17.2. The monoisotopic (exact) mass is 353 g/mol. The van der Waals surface area contributed by atoms with E-state index in [4.69, 9.17) is 4.74 Å². The molecule has 2 heterocycles. The number of nitrogens with zero attached hydrogens (tertiary/aromatic N) is 2. The summed E-state index contributed by atoms with van der Waals surface area (Å²) in [4.78, 5) is 21.2. The number of hydrogen-bond acceptors (Lipinski definition) is 5. The molecule has 1 aliphatic heterocycles. The zero-order valence-electron chi connectivity index (χ0n) is 14.0. The Morgan fingerprint density at radius 3 is 2.72 bits per heavy atom. The van der Waals surface area contributed by atoms with Gasteiger partial charge in [-0.05, 0) is 42.8 Å². The third-order valence-electron chi connectivity index (χ3n) is 4.22. The predicted octanol–water partition coefficient (Wildman–Crippen LogP) is 3.58. The lowest BCUT2D eigenvalue weighted by Crippen LogP contribution is -2.34. The summed E-state index contributed by atoms with van der Waals surface area (Å²) in [5.74, 6) is 4.38. The van der Waals surface area contributed by atoms with Crippen LogP contribution in [0.15, 0.2) is 47.3 Å². The maximum atomic E-state index is 11.9. The van der Waals surface area contributed by atoms with Crippen LogP contribution in [0.25, 0.3) is 10.9 Å². The van der Waals surface area contributed by atoms with E-state index in [0.29, 0.717) is 0 Å². The predicted molar refractivity (Wildman–Crippen MR) is 103 cm³/mol. The number of nitrogens with one attached hydrogen (secondary N) is 1. The van der Waals surface area contributed by atoms with Crippen molar-refractivity contribution in [2.24, 2.45) is 0 Å². The number of aromatic nitrogens is 2. The molecule has 5 nitrogen and oxygen atoms in total. The van der Waals surface area contributed by atoms with Crippen molar-refractivity contribution < 1.29 is 4.74 Å². The van der Waals surface area contributed by atoms with E-state index in [9.17, 15) is 4.79 Å². The van der Waals surface area contributed by atoms with Crippen LogP contribution in [0.3, 0.4) is 0 Å². The van der Waals surface area contributed by atoms with Crippen LogP contribution in [-0.2, 0) is 0 Å². The minimum atomic E-state index is -0.312. The lowest BCUT2D eigenvalue weighted by Gasteiger charge is -2.28. The third-order valence-corrected chi connectivity index (χ3v) is 5.16. The summed E-state index contributed by atoms with van der Waals surface area (Å²) >= 11 is 1.93. The summed E-state index contributed by atoms with van der Waals surface area (Å²) in [6.07, 6.45) is 0. The molecule has 128 valence electrons. The van der Waals surface area contributed by atoms with Crippen LogP contribution < -0.4 is 15.3 Å². The van der Waals surface area contributed by atoms with Crippen LogP contribution >= 0.6 is 11.8 Å². The molecule has 0 spiro atoms. The molecule has 2 aromatic carbocycles. The van der Waals surface area contributed by atoms with Crippen LogP contribution in [0, 0.1) is 6.92 Å². The highest BCUT2D eigenvalue weighted by molar-refractivity contribution is 7.99. The van der Waals surface area contributed by atoms with E-state index in [1.54, 1.807) is 0 Å². The first-order valence-corrected chi connectivity index (χ1v) is 9.46. The quantitative estimate of drug-likeness (QED) is 0.780. The SMILES string of the molecule is Cc1cccc(Oc2ccc3[nH]c(=O)nc(N4CCSCC4)c3c2)c1. The zero-order valence-corrected chi connectivity index (χ0v) is 14.8. The van der Waals surface area contributed by atoms with Gasteiger partial charge in [0.15, 0.2) is 0 Å². The van der Waals surface area contributed by atoms with Gasteiger partial charge in [0.05, 0.1) is 5.52 Å². The smallest absolute Gasteiger partial charge is 0.347 e. The molecule has 0 saturated carbocycles. The first kappa shape index (κ1) is 16.0. The second kappa shape index (κ2) is 6.80. The van der Waals surface area contributed by atoms with Crippen molar-refractivity contribution in [3.05, 3.63) is 58.5 Å². The molecular formula is C19H19N3O2S. The van der Waals surface area contributed by atoms with Gasteiger partial charge >= 0.3 is 5.69 Å². The lowest BCUT2D eigenvalue weighted by atomic mass is 10.2. The number of ether oxygens (including phenoxy) is 1. The van der Waals surface area contributed by atoms with Gasteiger partial charge in [-0.15, -0.1) is 0 Å². The Morgan fingerprint density at radius 1 is 1.12 bits per heavy atom. The molecule has 0 unspecified atom stereocenters. The van der Waals surface area contributed by atoms with E-state index >= 15 is 0 Å². The third kappa shape index (κ3) is 3.49. The van der Waals surface area contributed by atoms with E-state index in [1.165, 1.54) is 0 Å². The van der Waals surface area contributed by atoms with Crippen LogP contribution in [0.2, 0.25) is 0 Å². The molecule has 4 rings (SSSR count). The van der Waals surface area contributed by atoms with Crippen molar-refractivity contribution in [3.8, 4) is 11.5 Å². The summed E-state index contributed by atoms with van der Waals surface area (Å²) in [6.45, 7) is 3.84. The van der Waals surface area contributed by atoms with Crippen LogP contribution in [0.5, 0.6) is 11.5 Å². The number of aryl methyl sites for hydroxylation is 1. The molecule has 6 heteroatoms. The van der Waals surface area contributed by atoms with Crippen molar-refractivity contribution >= 4 is 28.5 Å². The van der Waals surface area contributed by atoms with E-state index in [0.717, 1.165) is 58.4 Å². The summed E-state index contributed by atoms with van der Waals surface area (Å²) in [6, 6.07) is 13.7. The number of aromatic amines is 1. The second-order valence-corrected chi connectivity index (χ2v) is 7.32. The molecule has 0 radical (unpaired) electrons. The van der Waals surface area contributed by atoms with Crippen LogP contribution in [0.1, 0.15) is 5.56 Å². The van der Waals surface area contributed by atoms with Crippen molar-refractivity contribution in [3.63, 3.8) is 0 Å². The van der Waals surface area contributed by atoms with Crippen LogP contribution in [0.4, 0.5) is 5.82 Å². The van der Waals surface area contributed by atoms with E-state index < -0.39 is 0 Å². The van der Waals surface area contributed by atoms with E-state index in [1.807, 2.05) is 61.2 Å². The van der Waals surface area contributed by atoms with E-state index in [-0.39, 0.29) is 5.69 Å². The largest absolute Gasteiger partial charge is 0.457 e. The van der Waals surface area contributed by atoms with Gasteiger partial charge in [0.2, 0.25) is 0 Å². The molecule has 0 amide bonds. The number of thioether (sulfide) groups is 1. The molecule has 25 heavy (non-hydrogen) atoms. The lowest BCUT2D eigenvalue weighted by molar-refractivity contribution is 0.483. The Balaban J connectivity index is 1.75. The molecule has 0 bridgehead atoms. The minimum Gasteiger partial charge on any atom is -0.457 e. The van der Waals surface area contributed by atoms with Crippen molar-refractivity contribution in [1.29, 1.82) is 0 Å². The van der Waals surface area contributed by atoms with Crippen molar-refractivity contribution in [1.82, 2.24) is 9.97 Å². The van der Waals surface area contributed by atoms with Gasteiger partial charge in [-0.1, -0.05) is 12.1 Å². The average molecular weight is 353 g/mol. The van der Waals surface area contributed by atoms with Crippen LogP contribution in [-0.4, -0.2) is 34.6 Å². The Labute approximate surface area is 150 Å². The molecule has 1 aliphatic rings. The topological polar surface area (TPSA) is 58.2 Å². The molecule has 0 aliphatic carbocycles. The van der Waals surface area contributed by atoms with Crippen molar-refractivity contribution in [2.45, 2.75) is 6.92 Å². The average Bonchev–Trinajstić information content (AvgIpc) is 2.62. The first-order chi connectivity index (χ1) is 12.2. The Hall–Kier alpha value is -2.47. The molecule has 1 aromatic heterocycles. The molecule has 3 aromatic rings. The summed E-state index contributed by atoms with van der Waals surface area (Å²) < 4.78 is 6.00. The van der Waals surface area contributed by atoms with E-state index in [2.05, 4.69) is 14.9 Å². The van der Waals surface area contributed by atoms with Gasteiger partial charge in [-0.25, -0.2) is 4.79 Å². The van der Waals surface area contributed by atoms with Gasteiger partial charge in [0.25, 0.3) is 0 Å². The fraction of sp³-hybridized carbons (Fsp3) is 0.263. The second-order valence-electron chi connectivity index (χ2n) is 6.09.